The van der Waals surface area contributed by atoms with Crippen LogP contribution in [0, 0.1) is 0 Å². The molecule has 82 valence electrons. The van der Waals surface area contributed by atoms with Gasteiger partial charge in [0.2, 0.25) is 0 Å². The van der Waals surface area contributed by atoms with Crippen LogP contribution in [0.2, 0.25) is 0 Å². The number of halogens is 1. The number of rotatable bonds is 4. The minimum absolute atomic E-state index is 0.502. The van der Waals surface area contributed by atoms with Crippen molar-refractivity contribution in [3.8, 4) is 5.75 Å². The van der Waals surface area contributed by atoms with Crippen molar-refractivity contribution in [3.05, 3.63) is 29.8 Å². The molecule has 0 bridgehead atoms. The summed E-state index contributed by atoms with van der Waals surface area (Å²) < 4.78 is 5.63. The quantitative estimate of drug-likeness (QED) is 0.849. The van der Waals surface area contributed by atoms with Gasteiger partial charge in [0.1, 0.15) is 5.75 Å². The highest BCUT2D eigenvalue weighted by Crippen LogP contribution is 2.32. The monoisotopic (exact) mass is 269 g/mol. The van der Waals surface area contributed by atoms with E-state index in [1.807, 2.05) is 12.1 Å². The lowest BCUT2D eigenvalue weighted by Crippen LogP contribution is -2.31. The van der Waals surface area contributed by atoms with E-state index in [2.05, 4.69) is 40.3 Å². The van der Waals surface area contributed by atoms with Crippen LogP contribution in [0.4, 0.5) is 0 Å². The Morgan fingerprint density at radius 2 is 2.33 bits per heavy atom. The Labute approximate surface area is 99.1 Å². The fourth-order valence-corrected chi connectivity index (χ4v) is 2.03. The molecule has 0 spiro atoms. The molecule has 0 aromatic heterocycles. The van der Waals surface area contributed by atoms with E-state index >= 15 is 0 Å². The topological polar surface area (TPSA) is 21.3 Å². The number of benzene rings is 1. The lowest BCUT2D eigenvalue weighted by atomic mass is 10.0. The third-order valence-electron chi connectivity index (χ3n) is 2.74. The van der Waals surface area contributed by atoms with Gasteiger partial charge in [0.25, 0.3) is 0 Å². The van der Waals surface area contributed by atoms with E-state index in [9.17, 15) is 0 Å². The minimum Gasteiger partial charge on any atom is -0.493 e. The van der Waals surface area contributed by atoms with E-state index in [0.717, 1.165) is 24.2 Å². The third kappa shape index (κ3) is 2.52. The maximum atomic E-state index is 5.63. The Morgan fingerprint density at radius 3 is 3.13 bits per heavy atom. The Morgan fingerprint density at radius 1 is 1.53 bits per heavy atom. The van der Waals surface area contributed by atoms with Crippen molar-refractivity contribution in [2.75, 3.05) is 18.5 Å². The fraction of sp³-hybridized carbons (Fsp3) is 0.500. The van der Waals surface area contributed by atoms with Crippen molar-refractivity contribution in [2.45, 2.75) is 18.9 Å². The maximum absolute atomic E-state index is 5.63. The zero-order valence-corrected chi connectivity index (χ0v) is 10.5. The number of fused-ring (bicyclic) bond motifs is 1. The van der Waals surface area contributed by atoms with E-state index in [0.29, 0.717) is 12.0 Å². The molecule has 0 saturated heterocycles. The molecule has 2 unspecified atom stereocenters. The molecule has 1 aliphatic rings. The van der Waals surface area contributed by atoms with E-state index in [1.54, 1.807) is 0 Å². The maximum Gasteiger partial charge on any atom is 0.122 e. The molecule has 1 aliphatic heterocycles. The number of nitrogens with one attached hydrogen (secondary N) is 1. The van der Waals surface area contributed by atoms with E-state index < -0.39 is 0 Å². The third-order valence-corrected chi connectivity index (χ3v) is 3.71. The first-order valence-corrected chi connectivity index (χ1v) is 6.44. The van der Waals surface area contributed by atoms with Crippen molar-refractivity contribution >= 4 is 15.9 Å². The summed E-state index contributed by atoms with van der Waals surface area (Å²) in [7, 11) is 0. The zero-order chi connectivity index (χ0) is 10.7. The van der Waals surface area contributed by atoms with Gasteiger partial charge in [-0.15, -0.1) is 0 Å². The first-order chi connectivity index (χ1) is 7.31. The summed E-state index contributed by atoms with van der Waals surface area (Å²) in [5.41, 5.74) is 1.34. The zero-order valence-electron chi connectivity index (χ0n) is 8.87. The van der Waals surface area contributed by atoms with E-state index in [-0.39, 0.29) is 0 Å². The predicted octanol–water partition coefficient (Wildman–Crippen LogP) is 2.54. The molecule has 0 amide bonds. The van der Waals surface area contributed by atoms with Crippen molar-refractivity contribution in [2.24, 2.45) is 0 Å². The summed E-state index contributed by atoms with van der Waals surface area (Å²) in [6, 6.07) is 8.82. The molecule has 1 aromatic carbocycles. The molecule has 1 N–H and O–H groups in total. The SMILES string of the molecule is CC(CBr)NCC1COc2ccccc21. The van der Waals surface area contributed by atoms with Gasteiger partial charge >= 0.3 is 0 Å². The van der Waals surface area contributed by atoms with Gasteiger partial charge in [-0.05, 0) is 13.0 Å². The second-order valence-electron chi connectivity index (χ2n) is 4.01. The molecule has 0 saturated carbocycles. The Bertz CT molecular complexity index is 329. The second kappa shape index (κ2) is 4.99. The van der Waals surface area contributed by atoms with Crippen LogP contribution in [0.5, 0.6) is 5.75 Å². The van der Waals surface area contributed by atoms with Gasteiger partial charge in [0.15, 0.2) is 0 Å². The molecule has 2 rings (SSSR count). The molecule has 3 heteroatoms. The lowest BCUT2D eigenvalue weighted by molar-refractivity contribution is 0.324. The number of para-hydroxylation sites is 1. The summed E-state index contributed by atoms with van der Waals surface area (Å²) in [4.78, 5) is 0. The molecular weight excluding hydrogens is 254 g/mol. The summed E-state index contributed by atoms with van der Waals surface area (Å²) in [5.74, 6) is 1.55. The molecule has 2 nitrogen and oxygen atoms in total. The fourth-order valence-electron chi connectivity index (χ4n) is 1.80. The lowest BCUT2D eigenvalue weighted by Gasteiger charge is -2.14. The first kappa shape index (κ1) is 11.0. The van der Waals surface area contributed by atoms with Crippen LogP contribution in [0.3, 0.4) is 0 Å². The highest BCUT2D eigenvalue weighted by molar-refractivity contribution is 9.09. The number of alkyl halides is 1. The van der Waals surface area contributed by atoms with Crippen molar-refractivity contribution in [3.63, 3.8) is 0 Å². The predicted molar refractivity (Wildman–Crippen MR) is 65.9 cm³/mol. The molecule has 1 aromatic rings. The molecule has 0 aliphatic carbocycles. The normalized spacial score (nSPS) is 20.8. The summed E-state index contributed by atoms with van der Waals surface area (Å²) in [5, 5.41) is 4.48. The second-order valence-corrected chi connectivity index (χ2v) is 4.66. The average Bonchev–Trinajstić information content (AvgIpc) is 2.69. The molecule has 2 atom stereocenters. The Kier molecular flexibility index (Phi) is 3.65. The van der Waals surface area contributed by atoms with Gasteiger partial charge in [0.05, 0.1) is 6.61 Å². The molecule has 0 radical (unpaired) electrons. The van der Waals surface area contributed by atoms with E-state index in [4.69, 9.17) is 4.74 Å². The summed E-state index contributed by atoms with van der Waals surface area (Å²) in [6.45, 7) is 3.97. The van der Waals surface area contributed by atoms with Gasteiger partial charge in [-0.25, -0.2) is 0 Å². The standard InChI is InChI=1S/C12H16BrNO/c1-9(6-13)14-7-10-8-15-12-5-3-2-4-11(10)12/h2-5,9-10,14H,6-8H2,1H3. The van der Waals surface area contributed by atoms with Gasteiger partial charge in [0, 0.05) is 29.4 Å². The number of hydrogen-bond donors (Lipinski definition) is 1. The van der Waals surface area contributed by atoms with Crippen LogP contribution in [-0.2, 0) is 0 Å². The van der Waals surface area contributed by atoms with Gasteiger partial charge in [-0.2, -0.15) is 0 Å². The van der Waals surface area contributed by atoms with Crippen molar-refractivity contribution in [1.82, 2.24) is 5.32 Å². The minimum atomic E-state index is 0.502. The highest BCUT2D eigenvalue weighted by Gasteiger charge is 2.23. The average molecular weight is 270 g/mol. The molecule has 15 heavy (non-hydrogen) atoms. The molecular formula is C12H16BrNO. The van der Waals surface area contributed by atoms with Crippen LogP contribution in [-0.4, -0.2) is 24.5 Å². The number of ether oxygens (including phenoxy) is 1. The van der Waals surface area contributed by atoms with Gasteiger partial charge in [-0.3, -0.25) is 0 Å². The van der Waals surface area contributed by atoms with Gasteiger partial charge in [-0.1, -0.05) is 34.1 Å². The van der Waals surface area contributed by atoms with Crippen LogP contribution in [0.1, 0.15) is 18.4 Å². The first-order valence-electron chi connectivity index (χ1n) is 5.32. The van der Waals surface area contributed by atoms with Crippen LogP contribution in [0.15, 0.2) is 24.3 Å². The van der Waals surface area contributed by atoms with Crippen LogP contribution >= 0.6 is 15.9 Å². The van der Waals surface area contributed by atoms with Crippen LogP contribution in [0.25, 0.3) is 0 Å². The van der Waals surface area contributed by atoms with Crippen molar-refractivity contribution < 1.29 is 4.74 Å². The Balaban J connectivity index is 1.96. The number of hydrogen-bond acceptors (Lipinski definition) is 2. The molecule has 0 fully saturated rings. The van der Waals surface area contributed by atoms with Gasteiger partial charge < -0.3 is 10.1 Å². The largest absolute Gasteiger partial charge is 0.493 e. The highest BCUT2D eigenvalue weighted by atomic mass is 79.9. The summed E-state index contributed by atoms with van der Waals surface area (Å²) in [6.07, 6.45) is 0. The summed E-state index contributed by atoms with van der Waals surface area (Å²) >= 11 is 3.46. The smallest absolute Gasteiger partial charge is 0.122 e. The Hall–Kier alpha value is -0.540. The van der Waals surface area contributed by atoms with Crippen molar-refractivity contribution in [1.29, 1.82) is 0 Å². The van der Waals surface area contributed by atoms with E-state index in [1.165, 1.54) is 5.56 Å². The molecule has 1 heterocycles. The van der Waals surface area contributed by atoms with Crippen LogP contribution < -0.4 is 10.1 Å².